The van der Waals surface area contributed by atoms with E-state index in [1.807, 2.05) is 39.8 Å². The Balaban J connectivity index is 2.08. The molecule has 0 saturated heterocycles. The maximum atomic E-state index is 13.4. The molecule has 0 aliphatic heterocycles. The van der Waals surface area contributed by atoms with Crippen molar-refractivity contribution in [3.05, 3.63) is 47.8 Å². The fourth-order valence-corrected chi connectivity index (χ4v) is 3.14. The zero-order valence-electron chi connectivity index (χ0n) is 14.0. The van der Waals surface area contributed by atoms with Crippen molar-refractivity contribution < 1.29 is 13.9 Å². The summed E-state index contributed by atoms with van der Waals surface area (Å²) in [5.41, 5.74) is 1.78. The number of hydrogen-bond donors (Lipinski definition) is 0. The molecule has 0 amide bonds. The highest BCUT2D eigenvalue weighted by atomic mass is 32.1. The molecule has 0 spiro atoms. The van der Waals surface area contributed by atoms with E-state index in [0.29, 0.717) is 16.3 Å². The van der Waals surface area contributed by atoms with Crippen LogP contribution in [0.4, 0.5) is 4.39 Å². The lowest BCUT2D eigenvalue weighted by Gasteiger charge is -2.17. The lowest BCUT2D eigenvalue weighted by molar-refractivity contribution is -0.142. The second-order valence-electron chi connectivity index (χ2n) is 6.77. The molecule has 2 aromatic carbocycles. The number of halogens is 1. The van der Waals surface area contributed by atoms with E-state index in [-0.39, 0.29) is 11.8 Å². The SMILES string of the molecule is Cc1ccc(OC(=O)C(C)(C)C)c(-c2nc3cc(F)ccc3s2)c1. The van der Waals surface area contributed by atoms with E-state index in [1.165, 1.54) is 23.5 Å². The van der Waals surface area contributed by atoms with Crippen LogP contribution in [0.25, 0.3) is 20.8 Å². The minimum absolute atomic E-state index is 0.306. The predicted octanol–water partition coefficient (Wildman–Crippen LogP) is 5.36. The lowest BCUT2D eigenvalue weighted by atomic mass is 9.97. The Morgan fingerprint density at radius 1 is 1.17 bits per heavy atom. The molecule has 3 aromatic rings. The molecule has 0 unspecified atom stereocenters. The van der Waals surface area contributed by atoms with Gasteiger partial charge in [-0.15, -0.1) is 11.3 Å². The van der Waals surface area contributed by atoms with Crippen molar-refractivity contribution in [3.63, 3.8) is 0 Å². The van der Waals surface area contributed by atoms with E-state index >= 15 is 0 Å². The molecule has 5 heteroatoms. The summed E-state index contributed by atoms with van der Waals surface area (Å²) in [6.07, 6.45) is 0. The molecule has 0 aliphatic rings. The first-order valence-corrected chi connectivity index (χ1v) is 8.45. The van der Waals surface area contributed by atoms with Crippen molar-refractivity contribution in [1.29, 1.82) is 0 Å². The molecular formula is C19H18FNO2S. The van der Waals surface area contributed by atoms with Gasteiger partial charge in [-0.25, -0.2) is 9.37 Å². The van der Waals surface area contributed by atoms with Gasteiger partial charge in [0.1, 0.15) is 16.6 Å². The van der Waals surface area contributed by atoms with Crippen LogP contribution in [0.15, 0.2) is 36.4 Å². The third-order valence-electron chi connectivity index (χ3n) is 3.53. The number of carbonyl (C=O) groups is 1. The Kier molecular flexibility index (Phi) is 4.13. The van der Waals surface area contributed by atoms with Gasteiger partial charge >= 0.3 is 5.97 Å². The highest BCUT2D eigenvalue weighted by molar-refractivity contribution is 7.21. The number of fused-ring (bicyclic) bond motifs is 1. The summed E-state index contributed by atoms with van der Waals surface area (Å²) < 4.78 is 19.9. The topological polar surface area (TPSA) is 39.2 Å². The molecular weight excluding hydrogens is 325 g/mol. The van der Waals surface area contributed by atoms with Crippen LogP contribution in [0.3, 0.4) is 0 Å². The van der Waals surface area contributed by atoms with E-state index in [4.69, 9.17) is 4.74 Å². The zero-order chi connectivity index (χ0) is 17.5. The van der Waals surface area contributed by atoms with E-state index < -0.39 is 5.41 Å². The molecule has 3 nitrogen and oxygen atoms in total. The quantitative estimate of drug-likeness (QED) is 0.464. The highest BCUT2D eigenvalue weighted by Crippen LogP contribution is 2.37. The maximum absolute atomic E-state index is 13.4. The molecule has 1 heterocycles. The Morgan fingerprint density at radius 2 is 1.92 bits per heavy atom. The van der Waals surface area contributed by atoms with Crippen LogP contribution in [0.5, 0.6) is 5.75 Å². The molecule has 0 saturated carbocycles. The first kappa shape index (κ1) is 16.6. The average Bonchev–Trinajstić information content (AvgIpc) is 2.90. The van der Waals surface area contributed by atoms with Crippen LogP contribution in [0, 0.1) is 18.2 Å². The Labute approximate surface area is 144 Å². The molecule has 1 aromatic heterocycles. The number of ether oxygens (including phenoxy) is 1. The van der Waals surface area contributed by atoms with Gasteiger partial charge in [-0.05, 0) is 52.0 Å². The number of esters is 1. The van der Waals surface area contributed by atoms with Crippen molar-refractivity contribution in [2.75, 3.05) is 0 Å². The third-order valence-corrected chi connectivity index (χ3v) is 4.60. The summed E-state index contributed by atoms with van der Waals surface area (Å²) in [5, 5.41) is 0.705. The molecule has 0 fully saturated rings. The first-order valence-electron chi connectivity index (χ1n) is 7.63. The van der Waals surface area contributed by atoms with Crippen LogP contribution < -0.4 is 4.74 Å². The van der Waals surface area contributed by atoms with Crippen molar-refractivity contribution >= 4 is 27.5 Å². The van der Waals surface area contributed by atoms with Crippen molar-refractivity contribution in [3.8, 4) is 16.3 Å². The fourth-order valence-electron chi connectivity index (χ4n) is 2.17. The van der Waals surface area contributed by atoms with E-state index in [1.54, 1.807) is 12.1 Å². The van der Waals surface area contributed by atoms with Gasteiger partial charge in [-0.1, -0.05) is 11.6 Å². The number of benzene rings is 2. The van der Waals surface area contributed by atoms with Crippen LogP contribution in [-0.4, -0.2) is 11.0 Å². The average molecular weight is 343 g/mol. The normalized spacial score (nSPS) is 11.7. The monoisotopic (exact) mass is 343 g/mol. The Morgan fingerprint density at radius 3 is 2.62 bits per heavy atom. The van der Waals surface area contributed by atoms with Gasteiger partial charge in [-0.2, -0.15) is 0 Å². The van der Waals surface area contributed by atoms with Gasteiger partial charge in [0.2, 0.25) is 0 Å². The van der Waals surface area contributed by atoms with E-state index in [0.717, 1.165) is 15.8 Å². The van der Waals surface area contributed by atoms with Gasteiger partial charge in [0.15, 0.2) is 0 Å². The number of thiazole rings is 1. The van der Waals surface area contributed by atoms with E-state index in [9.17, 15) is 9.18 Å². The lowest BCUT2D eigenvalue weighted by Crippen LogP contribution is -2.25. The van der Waals surface area contributed by atoms with Crippen molar-refractivity contribution in [2.24, 2.45) is 5.41 Å². The van der Waals surface area contributed by atoms with Crippen molar-refractivity contribution in [1.82, 2.24) is 4.98 Å². The number of rotatable bonds is 2. The third kappa shape index (κ3) is 3.31. The van der Waals surface area contributed by atoms with E-state index in [2.05, 4.69) is 4.98 Å². The largest absolute Gasteiger partial charge is 0.425 e. The first-order chi connectivity index (χ1) is 11.2. The molecule has 124 valence electrons. The minimum Gasteiger partial charge on any atom is -0.425 e. The molecule has 0 radical (unpaired) electrons. The maximum Gasteiger partial charge on any atom is 0.316 e. The number of aryl methyl sites for hydroxylation is 1. The molecule has 0 aliphatic carbocycles. The second-order valence-corrected chi connectivity index (χ2v) is 7.80. The van der Waals surface area contributed by atoms with Gasteiger partial charge in [0.05, 0.1) is 21.2 Å². The molecule has 0 atom stereocenters. The fraction of sp³-hybridized carbons (Fsp3) is 0.263. The summed E-state index contributed by atoms with van der Waals surface area (Å²) in [4.78, 5) is 16.7. The standard InChI is InChI=1S/C19H18FNO2S/c1-11-5-7-15(23-18(22)19(2,3)4)13(9-11)17-21-14-10-12(20)6-8-16(14)24-17/h5-10H,1-4H3. The van der Waals surface area contributed by atoms with Crippen LogP contribution in [-0.2, 0) is 4.79 Å². The minimum atomic E-state index is -0.598. The summed E-state index contributed by atoms with van der Waals surface area (Å²) in [7, 11) is 0. The number of aromatic nitrogens is 1. The summed E-state index contributed by atoms with van der Waals surface area (Å²) in [6, 6.07) is 10.1. The Bertz CT molecular complexity index is 925. The highest BCUT2D eigenvalue weighted by Gasteiger charge is 2.25. The van der Waals surface area contributed by atoms with Gasteiger partial charge in [0.25, 0.3) is 0 Å². The summed E-state index contributed by atoms with van der Waals surface area (Å²) in [5.74, 6) is -0.150. The Hall–Kier alpha value is -2.27. The number of carbonyl (C=O) groups excluding carboxylic acids is 1. The van der Waals surface area contributed by atoms with Crippen molar-refractivity contribution in [2.45, 2.75) is 27.7 Å². The van der Waals surface area contributed by atoms with Gasteiger partial charge < -0.3 is 4.74 Å². The molecule has 0 N–H and O–H groups in total. The van der Waals surface area contributed by atoms with Gasteiger partial charge in [0, 0.05) is 6.07 Å². The molecule has 24 heavy (non-hydrogen) atoms. The predicted molar refractivity (Wildman–Crippen MR) is 94.8 cm³/mol. The van der Waals surface area contributed by atoms with Crippen LogP contribution >= 0.6 is 11.3 Å². The van der Waals surface area contributed by atoms with Gasteiger partial charge in [-0.3, -0.25) is 4.79 Å². The van der Waals surface area contributed by atoms with Crippen LogP contribution in [0.2, 0.25) is 0 Å². The zero-order valence-corrected chi connectivity index (χ0v) is 14.8. The molecule has 0 bridgehead atoms. The summed E-state index contributed by atoms with van der Waals surface area (Å²) >= 11 is 1.45. The smallest absolute Gasteiger partial charge is 0.316 e. The second kappa shape index (κ2) is 5.98. The summed E-state index contributed by atoms with van der Waals surface area (Å²) in [6.45, 7) is 7.39. The number of hydrogen-bond acceptors (Lipinski definition) is 4. The molecule has 3 rings (SSSR count). The number of nitrogens with zero attached hydrogens (tertiary/aromatic N) is 1. The van der Waals surface area contributed by atoms with Crippen LogP contribution in [0.1, 0.15) is 26.3 Å².